The van der Waals surface area contributed by atoms with Crippen molar-refractivity contribution >= 4 is 38.7 Å². The number of carbonyl (C=O) groups is 2. The Hall–Kier alpha value is -2.74. The highest BCUT2D eigenvalue weighted by Gasteiger charge is 2.39. The third kappa shape index (κ3) is 5.12. The Kier molecular flexibility index (Phi) is 6.36. The first-order valence-corrected chi connectivity index (χ1v) is 12.5. The lowest BCUT2D eigenvalue weighted by atomic mass is 10.1. The van der Waals surface area contributed by atoms with Gasteiger partial charge in [-0.15, -0.1) is 0 Å². The number of amides is 1. The van der Waals surface area contributed by atoms with Crippen LogP contribution in [0, 0.1) is 0 Å². The summed E-state index contributed by atoms with van der Waals surface area (Å²) in [4.78, 5) is 31.2. The van der Waals surface area contributed by atoms with E-state index in [2.05, 4.69) is 4.98 Å². The van der Waals surface area contributed by atoms with Gasteiger partial charge >= 0.3 is 5.97 Å². The molecule has 1 amide bonds. The Balaban J connectivity index is 1.40. The number of para-hydroxylation sites is 1. The molecule has 1 saturated carbocycles. The van der Waals surface area contributed by atoms with E-state index in [1.807, 2.05) is 30.3 Å². The van der Waals surface area contributed by atoms with Gasteiger partial charge in [0, 0.05) is 35.3 Å². The first kappa shape index (κ1) is 21.5. The number of pyridine rings is 1. The predicted octanol–water partition coefficient (Wildman–Crippen LogP) is 2.75. The Morgan fingerprint density at radius 3 is 2.61 bits per heavy atom. The van der Waals surface area contributed by atoms with E-state index in [1.54, 1.807) is 17.2 Å². The standard InChI is InChI=1S/C23H26N2O5S/c26-21(25(19-8-1-2-9-19)20-12-14-31(28,29)16-20)15-30-22(27)11-10-18-6-3-5-17-7-4-13-24-23(17)18/h3-7,10-11,13,19-20H,1-2,8-9,12,14-16H2/b11-10+. The van der Waals surface area contributed by atoms with Crippen molar-refractivity contribution in [2.45, 2.75) is 44.2 Å². The van der Waals surface area contributed by atoms with Gasteiger partial charge in [0.2, 0.25) is 0 Å². The van der Waals surface area contributed by atoms with Crippen LogP contribution in [-0.4, -0.2) is 60.4 Å². The van der Waals surface area contributed by atoms with Gasteiger partial charge in [0.15, 0.2) is 16.4 Å². The number of benzene rings is 1. The van der Waals surface area contributed by atoms with Crippen LogP contribution >= 0.6 is 0 Å². The zero-order chi connectivity index (χ0) is 21.8. The Morgan fingerprint density at radius 1 is 1.10 bits per heavy atom. The molecular formula is C23H26N2O5S. The largest absolute Gasteiger partial charge is 0.452 e. The molecule has 1 atom stereocenters. The molecule has 1 aromatic carbocycles. The average molecular weight is 443 g/mol. The molecule has 0 radical (unpaired) electrons. The highest BCUT2D eigenvalue weighted by atomic mass is 32.2. The van der Waals surface area contributed by atoms with E-state index in [0.29, 0.717) is 6.42 Å². The summed E-state index contributed by atoms with van der Waals surface area (Å²) in [5, 5.41) is 0.965. The minimum absolute atomic E-state index is 0.00281. The minimum Gasteiger partial charge on any atom is -0.452 e. The van der Waals surface area contributed by atoms with E-state index in [-0.39, 0.29) is 36.1 Å². The molecule has 0 N–H and O–H groups in total. The molecule has 0 spiro atoms. The number of aromatic nitrogens is 1. The van der Waals surface area contributed by atoms with Crippen molar-refractivity contribution in [3.8, 4) is 0 Å². The molecule has 1 saturated heterocycles. The normalized spacial score (nSPS) is 21.0. The summed E-state index contributed by atoms with van der Waals surface area (Å²) in [6.45, 7) is -0.385. The second-order valence-corrected chi connectivity index (χ2v) is 10.4. The van der Waals surface area contributed by atoms with E-state index in [9.17, 15) is 18.0 Å². The van der Waals surface area contributed by atoms with Crippen molar-refractivity contribution < 1.29 is 22.7 Å². The number of carbonyl (C=O) groups excluding carboxylic acids is 2. The summed E-state index contributed by atoms with van der Waals surface area (Å²) in [7, 11) is -3.11. The van der Waals surface area contributed by atoms with Gasteiger partial charge in [0.1, 0.15) is 0 Å². The van der Waals surface area contributed by atoms with Crippen molar-refractivity contribution in [1.29, 1.82) is 0 Å². The fraction of sp³-hybridized carbons (Fsp3) is 0.435. The smallest absolute Gasteiger partial charge is 0.331 e. The summed E-state index contributed by atoms with van der Waals surface area (Å²) in [6.07, 6.45) is 8.83. The lowest BCUT2D eigenvalue weighted by Gasteiger charge is -2.33. The van der Waals surface area contributed by atoms with Crippen LogP contribution in [0.4, 0.5) is 0 Å². The van der Waals surface area contributed by atoms with Gasteiger partial charge in [-0.2, -0.15) is 0 Å². The van der Waals surface area contributed by atoms with Gasteiger partial charge in [-0.3, -0.25) is 9.78 Å². The maximum absolute atomic E-state index is 12.9. The number of fused-ring (bicyclic) bond motifs is 1. The van der Waals surface area contributed by atoms with E-state index < -0.39 is 15.8 Å². The molecule has 1 aromatic heterocycles. The first-order valence-electron chi connectivity index (χ1n) is 10.6. The van der Waals surface area contributed by atoms with Gasteiger partial charge in [0.05, 0.1) is 17.0 Å². The summed E-state index contributed by atoms with van der Waals surface area (Å²) in [5.41, 5.74) is 1.56. The van der Waals surface area contributed by atoms with Gasteiger partial charge in [-0.1, -0.05) is 37.1 Å². The van der Waals surface area contributed by atoms with E-state index in [1.165, 1.54) is 6.08 Å². The van der Waals surface area contributed by atoms with Crippen LogP contribution in [0.3, 0.4) is 0 Å². The molecule has 8 heteroatoms. The highest BCUT2D eigenvalue weighted by molar-refractivity contribution is 7.91. The van der Waals surface area contributed by atoms with Crippen molar-refractivity contribution in [2.24, 2.45) is 0 Å². The molecule has 164 valence electrons. The SMILES string of the molecule is O=C(/C=C/c1cccc2cccnc12)OCC(=O)N(C1CCCC1)C1CCS(=O)(=O)C1. The second kappa shape index (κ2) is 9.18. The molecule has 1 aliphatic carbocycles. The van der Waals surface area contributed by atoms with Crippen LogP contribution in [0.2, 0.25) is 0 Å². The lowest BCUT2D eigenvalue weighted by Crippen LogP contribution is -2.48. The minimum atomic E-state index is -3.11. The molecular weight excluding hydrogens is 416 g/mol. The quantitative estimate of drug-likeness (QED) is 0.504. The predicted molar refractivity (Wildman–Crippen MR) is 118 cm³/mol. The summed E-state index contributed by atoms with van der Waals surface area (Å²) in [6, 6.07) is 9.18. The monoisotopic (exact) mass is 442 g/mol. The Morgan fingerprint density at radius 2 is 1.87 bits per heavy atom. The molecule has 0 bridgehead atoms. The zero-order valence-electron chi connectivity index (χ0n) is 17.3. The van der Waals surface area contributed by atoms with Crippen LogP contribution in [0.15, 0.2) is 42.6 Å². The molecule has 1 aliphatic heterocycles. The maximum Gasteiger partial charge on any atom is 0.331 e. The van der Waals surface area contributed by atoms with Crippen LogP contribution in [0.25, 0.3) is 17.0 Å². The van der Waals surface area contributed by atoms with Crippen LogP contribution in [-0.2, 0) is 24.2 Å². The molecule has 7 nitrogen and oxygen atoms in total. The molecule has 2 aliphatic rings. The van der Waals surface area contributed by atoms with E-state index in [4.69, 9.17) is 4.74 Å². The van der Waals surface area contributed by atoms with Crippen LogP contribution < -0.4 is 0 Å². The lowest BCUT2D eigenvalue weighted by molar-refractivity contribution is -0.150. The molecule has 2 fully saturated rings. The fourth-order valence-electron chi connectivity index (χ4n) is 4.56. The number of nitrogens with zero attached hydrogens (tertiary/aromatic N) is 2. The van der Waals surface area contributed by atoms with Crippen molar-refractivity contribution in [1.82, 2.24) is 9.88 Å². The molecule has 1 unspecified atom stereocenters. The summed E-state index contributed by atoms with van der Waals surface area (Å²) >= 11 is 0. The number of esters is 1. The van der Waals surface area contributed by atoms with Gasteiger partial charge in [-0.05, 0) is 31.4 Å². The fourth-order valence-corrected chi connectivity index (χ4v) is 6.27. The number of sulfone groups is 1. The highest BCUT2D eigenvalue weighted by Crippen LogP contribution is 2.29. The maximum atomic E-state index is 12.9. The van der Waals surface area contributed by atoms with Crippen LogP contribution in [0.5, 0.6) is 0 Å². The number of ether oxygens (including phenoxy) is 1. The Labute approximate surface area is 182 Å². The number of hydrogen-bond donors (Lipinski definition) is 0. The topological polar surface area (TPSA) is 93.6 Å². The van der Waals surface area contributed by atoms with Gasteiger partial charge < -0.3 is 9.64 Å². The first-order chi connectivity index (χ1) is 14.9. The van der Waals surface area contributed by atoms with Crippen molar-refractivity contribution in [3.63, 3.8) is 0 Å². The summed E-state index contributed by atoms with van der Waals surface area (Å²) < 4.78 is 29.1. The molecule has 31 heavy (non-hydrogen) atoms. The van der Waals surface area contributed by atoms with Crippen molar-refractivity contribution in [3.05, 3.63) is 48.2 Å². The van der Waals surface area contributed by atoms with Gasteiger partial charge in [0.25, 0.3) is 5.91 Å². The average Bonchev–Trinajstić information content (AvgIpc) is 3.40. The number of hydrogen-bond acceptors (Lipinski definition) is 6. The Bertz CT molecular complexity index is 1100. The zero-order valence-corrected chi connectivity index (χ0v) is 18.1. The van der Waals surface area contributed by atoms with Crippen LogP contribution in [0.1, 0.15) is 37.7 Å². The van der Waals surface area contributed by atoms with Gasteiger partial charge in [-0.25, -0.2) is 13.2 Å². The van der Waals surface area contributed by atoms with E-state index in [0.717, 1.165) is 42.1 Å². The van der Waals surface area contributed by atoms with E-state index >= 15 is 0 Å². The molecule has 4 rings (SSSR count). The third-order valence-corrected chi connectivity index (χ3v) is 7.76. The molecule has 2 heterocycles. The summed E-state index contributed by atoms with van der Waals surface area (Å²) in [5.74, 6) is -0.832. The second-order valence-electron chi connectivity index (χ2n) is 8.16. The van der Waals surface area contributed by atoms with Crippen molar-refractivity contribution in [2.75, 3.05) is 18.1 Å². The number of rotatable bonds is 6. The molecule has 2 aromatic rings. The third-order valence-electron chi connectivity index (χ3n) is 6.01.